The molecule has 1 aromatic carbocycles. The van der Waals surface area contributed by atoms with E-state index in [0.29, 0.717) is 22.5 Å². The van der Waals surface area contributed by atoms with E-state index in [0.717, 1.165) is 11.3 Å². The van der Waals surface area contributed by atoms with E-state index in [9.17, 15) is 4.79 Å². The Morgan fingerprint density at radius 3 is 2.70 bits per heavy atom. The van der Waals surface area contributed by atoms with E-state index in [1.54, 1.807) is 11.8 Å². The molecule has 4 heteroatoms. The van der Waals surface area contributed by atoms with Crippen LogP contribution in [0.1, 0.15) is 43.0 Å². The number of hydrogen-bond acceptors (Lipinski definition) is 2. The van der Waals surface area contributed by atoms with Gasteiger partial charge in [-0.05, 0) is 43.2 Å². The summed E-state index contributed by atoms with van der Waals surface area (Å²) in [6.45, 7) is 2.24. The van der Waals surface area contributed by atoms with E-state index in [2.05, 4.69) is 6.92 Å². The summed E-state index contributed by atoms with van der Waals surface area (Å²) in [5, 5.41) is 0.545. The van der Waals surface area contributed by atoms with Crippen molar-refractivity contribution in [3.8, 4) is 0 Å². The van der Waals surface area contributed by atoms with Gasteiger partial charge in [0.15, 0.2) is 0 Å². The fraction of sp³-hybridized carbons (Fsp3) is 0.562. The Hall–Kier alpha value is -0.670. The molecule has 2 unspecified atom stereocenters. The summed E-state index contributed by atoms with van der Waals surface area (Å²) in [5.74, 6) is 0.616. The van der Waals surface area contributed by atoms with Crippen LogP contribution in [0.25, 0.3) is 0 Å². The van der Waals surface area contributed by atoms with Gasteiger partial charge in [-0.2, -0.15) is 0 Å². The van der Waals surface area contributed by atoms with Gasteiger partial charge >= 0.3 is 0 Å². The Kier molecular flexibility index (Phi) is 5.39. The van der Waals surface area contributed by atoms with E-state index in [-0.39, 0.29) is 5.91 Å². The summed E-state index contributed by atoms with van der Waals surface area (Å²) in [4.78, 5) is 15.7. The normalized spacial score (nSPS) is 22.6. The average molecular weight is 312 g/mol. The molecular weight excluding hydrogens is 290 g/mol. The number of thioether (sulfide) groups is 1. The van der Waals surface area contributed by atoms with Crippen molar-refractivity contribution >= 4 is 29.3 Å². The van der Waals surface area contributed by atoms with Gasteiger partial charge in [0.1, 0.15) is 0 Å². The van der Waals surface area contributed by atoms with Crippen LogP contribution in [0.2, 0.25) is 5.02 Å². The average Bonchev–Trinajstić information content (AvgIpc) is 2.47. The van der Waals surface area contributed by atoms with Crippen molar-refractivity contribution in [3.05, 3.63) is 28.8 Å². The maximum absolute atomic E-state index is 12.7. The number of carbonyl (C=O) groups is 1. The first-order valence-corrected chi connectivity index (χ1v) is 8.75. The molecule has 2 nitrogen and oxygen atoms in total. The standard InChI is InChI=1S/C16H22ClNOS/c1-11-6-4-5-7-15(11)18(2)16(19)13-10-12(20-3)8-9-14(13)17/h8-11,15H,4-7H2,1-3H3. The van der Waals surface area contributed by atoms with Gasteiger partial charge in [0.25, 0.3) is 5.91 Å². The topological polar surface area (TPSA) is 20.3 Å². The third-order valence-electron chi connectivity index (χ3n) is 4.29. The number of hydrogen-bond donors (Lipinski definition) is 0. The van der Waals surface area contributed by atoms with Gasteiger partial charge in [0, 0.05) is 18.0 Å². The van der Waals surface area contributed by atoms with Crippen LogP contribution in [0.5, 0.6) is 0 Å². The molecule has 20 heavy (non-hydrogen) atoms. The second-order valence-electron chi connectivity index (χ2n) is 5.59. The number of carbonyl (C=O) groups excluding carboxylic acids is 1. The Balaban J connectivity index is 2.21. The molecule has 0 spiro atoms. The van der Waals surface area contributed by atoms with Gasteiger partial charge in [-0.1, -0.05) is 31.4 Å². The largest absolute Gasteiger partial charge is 0.338 e. The fourth-order valence-corrected chi connectivity index (χ4v) is 3.65. The van der Waals surface area contributed by atoms with Crippen molar-refractivity contribution in [3.63, 3.8) is 0 Å². The lowest BCUT2D eigenvalue weighted by Gasteiger charge is -2.36. The molecule has 1 aromatic rings. The van der Waals surface area contributed by atoms with Gasteiger partial charge in [-0.15, -0.1) is 11.8 Å². The Morgan fingerprint density at radius 2 is 2.05 bits per heavy atom. The lowest BCUT2D eigenvalue weighted by Crippen LogP contribution is -2.42. The van der Waals surface area contributed by atoms with Crippen molar-refractivity contribution in [1.29, 1.82) is 0 Å². The van der Waals surface area contributed by atoms with E-state index >= 15 is 0 Å². The summed E-state index contributed by atoms with van der Waals surface area (Å²) in [6, 6.07) is 6.01. The van der Waals surface area contributed by atoms with Crippen molar-refractivity contribution in [2.45, 2.75) is 43.5 Å². The van der Waals surface area contributed by atoms with Gasteiger partial charge < -0.3 is 4.90 Å². The predicted octanol–water partition coefficient (Wildman–Crippen LogP) is 4.71. The highest BCUT2D eigenvalue weighted by Crippen LogP contribution is 2.30. The van der Waals surface area contributed by atoms with Crippen LogP contribution in [-0.4, -0.2) is 30.2 Å². The minimum Gasteiger partial charge on any atom is -0.338 e. The van der Waals surface area contributed by atoms with Crippen LogP contribution in [0.15, 0.2) is 23.1 Å². The summed E-state index contributed by atoms with van der Waals surface area (Å²) in [6.07, 6.45) is 6.81. The Morgan fingerprint density at radius 1 is 1.35 bits per heavy atom. The van der Waals surface area contributed by atoms with E-state index in [1.807, 2.05) is 36.4 Å². The molecule has 0 bridgehead atoms. The molecule has 0 heterocycles. The second kappa shape index (κ2) is 6.86. The van der Waals surface area contributed by atoms with Crippen LogP contribution < -0.4 is 0 Å². The molecule has 1 fully saturated rings. The molecule has 110 valence electrons. The van der Waals surface area contributed by atoms with Gasteiger partial charge in [-0.3, -0.25) is 4.79 Å². The highest BCUT2D eigenvalue weighted by atomic mass is 35.5. The summed E-state index contributed by atoms with van der Waals surface area (Å²) >= 11 is 7.84. The molecule has 0 radical (unpaired) electrons. The fourth-order valence-electron chi connectivity index (χ4n) is 3.01. The van der Waals surface area contributed by atoms with Gasteiger partial charge in [0.2, 0.25) is 0 Å². The third kappa shape index (κ3) is 3.32. The first-order chi connectivity index (χ1) is 9.54. The maximum atomic E-state index is 12.7. The molecule has 1 saturated carbocycles. The van der Waals surface area contributed by atoms with E-state index in [1.165, 1.54) is 19.3 Å². The molecule has 2 atom stereocenters. The van der Waals surface area contributed by atoms with Crippen molar-refractivity contribution < 1.29 is 4.79 Å². The summed E-state index contributed by atoms with van der Waals surface area (Å²) in [5.41, 5.74) is 0.624. The maximum Gasteiger partial charge on any atom is 0.255 e. The molecule has 1 amide bonds. The highest BCUT2D eigenvalue weighted by Gasteiger charge is 2.29. The molecule has 1 aliphatic carbocycles. The molecule has 0 aliphatic heterocycles. The van der Waals surface area contributed by atoms with E-state index in [4.69, 9.17) is 11.6 Å². The molecule has 1 aliphatic rings. The lowest BCUT2D eigenvalue weighted by molar-refractivity contribution is 0.0629. The predicted molar refractivity (Wildman–Crippen MR) is 86.7 cm³/mol. The van der Waals surface area contributed by atoms with Crippen molar-refractivity contribution in [2.75, 3.05) is 13.3 Å². The van der Waals surface area contributed by atoms with Crippen LogP contribution >= 0.6 is 23.4 Å². The molecular formula is C16H22ClNOS. The van der Waals surface area contributed by atoms with Gasteiger partial charge in [-0.25, -0.2) is 0 Å². The van der Waals surface area contributed by atoms with Crippen LogP contribution in [0.4, 0.5) is 0 Å². The van der Waals surface area contributed by atoms with Crippen LogP contribution in [0, 0.1) is 5.92 Å². The minimum absolute atomic E-state index is 0.0460. The summed E-state index contributed by atoms with van der Waals surface area (Å²) in [7, 11) is 1.91. The first kappa shape index (κ1) is 15.7. The summed E-state index contributed by atoms with van der Waals surface area (Å²) < 4.78 is 0. The smallest absolute Gasteiger partial charge is 0.255 e. The molecule has 0 N–H and O–H groups in total. The first-order valence-electron chi connectivity index (χ1n) is 7.15. The molecule has 2 rings (SSSR count). The van der Waals surface area contributed by atoms with Crippen LogP contribution in [-0.2, 0) is 0 Å². The quantitative estimate of drug-likeness (QED) is 0.753. The van der Waals surface area contributed by atoms with Crippen molar-refractivity contribution in [1.82, 2.24) is 4.90 Å². The SMILES string of the molecule is CSc1ccc(Cl)c(C(=O)N(C)C2CCCCC2C)c1. The van der Waals surface area contributed by atoms with Crippen molar-refractivity contribution in [2.24, 2.45) is 5.92 Å². The molecule has 0 aromatic heterocycles. The van der Waals surface area contributed by atoms with Gasteiger partial charge in [0.05, 0.1) is 10.6 Å². The number of benzene rings is 1. The number of rotatable bonds is 3. The minimum atomic E-state index is 0.0460. The molecule has 0 saturated heterocycles. The van der Waals surface area contributed by atoms with E-state index < -0.39 is 0 Å². The lowest BCUT2D eigenvalue weighted by atomic mass is 9.85. The zero-order chi connectivity index (χ0) is 14.7. The zero-order valence-corrected chi connectivity index (χ0v) is 13.9. The number of amides is 1. The third-order valence-corrected chi connectivity index (χ3v) is 5.34. The monoisotopic (exact) mass is 311 g/mol. The Bertz CT molecular complexity index is 491. The zero-order valence-electron chi connectivity index (χ0n) is 12.4. The highest BCUT2D eigenvalue weighted by molar-refractivity contribution is 7.98. The second-order valence-corrected chi connectivity index (χ2v) is 6.88. The number of nitrogens with zero attached hydrogens (tertiary/aromatic N) is 1. The van der Waals surface area contributed by atoms with Crippen LogP contribution in [0.3, 0.4) is 0 Å². The Labute approximate surface area is 130 Å². The number of halogens is 1.